The van der Waals surface area contributed by atoms with Crippen molar-refractivity contribution in [1.82, 2.24) is 15.1 Å². The summed E-state index contributed by atoms with van der Waals surface area (Å²) in [4.78, 5) is 14.9. The topological polar surface area (TPSA) is 75.0 Å². The van der Waals surface area contributed by atoms with Gasteiger partial charge in [0.2, 0.25) is 5.91 Å². The Labute approximate surface area is 125 Å². The van der Waals surface area contributed by atoms with Crippen LogP contribution in [0.15, 0.2) is 6.20 Å². The zero-order valence-corrected chi connectivity index (χ0v) is 12.4. The van der Waals surface area contributed by atoms with Gasteiger partial charge in [0.25, 0.3) is 0 Å². The number of nitrogens with one attached hydrogen (secondary N) is 1. The number of amides is 1. The van der Waals surface area contributed by atoms with Gasteiger partial charge in [-0.3, -0.25) is 9.89 Å². The van der Waals surface area contributed by atoms with Gasteiger partial charge in [0, 0.05) is 42.7 Å². The van der Waals surface area contributed by atoms with Gasteiger partial charge < -0.3 is 10.6 Å². The molecule has 1 aromatic heterocycles. The Kier molecular flexibility index (Phi) is 3.25. The normalized spacial score (nSPS) is 35.4. The summed E-state index contributed by atoms with van der Waals surface area (Å²) in [7, 11) is 0. The van der Waals surface area contributed by atoms with Crippen molar-refractivity contribution in [2.75, 3.05) is 6.54 Å². The fourth-order valence-corrected chi connectivity index (χ4v) is 4.66. The molecule has 0 radical (unpaired) electrons. The summed E-state index contributed by atoms with van der Waals surface area (Å²) in [6.45, 7) is 1.55. The highest BCUT2D eigenvalue weighted by Crippen LogP contribution is 2.42. The van der Waals surface area contributed by atoms with Crippen LogP contribution in [0.5, 0.6) is 0 Å². The highest BCUT2D eigenvalue weighted by atomic mass is 16.2. The number of hydrogen-bond donors (Lipinski definition) is 2. The standard InChI is InChI=1S/C16H24N4O/c17-15-10-2-1-3-11(15)7-12(6-10)16(21)20-5-4-14-13(9-20)8-18-19-14/h8,10-12,15H,1-7,9,17H2,(H,18,19). The predicted octanol–water partition coefficient (Wildman–Crippen LogP) is 1.45. The van der Waals surface area contributed by atoms with E-state index in [0.717, 1.165) is 32.4 Å². The Morgan fingerprint density at radius 2 is 2.10 bits per heavy atom. The first kappa shape index (κ1) is 13.3. The SMILES string of the molecule is NC1C2CCCC1CC(C(=O)N1CCc3[nH]ncc3C1)C2. The van der Waals surface area contributed by atoms with E-state index in [-0.39, 0.29) is 5.92 Å². The Balaban J connectivity index is 1.46. The van der Waals surface area contributed by atoms with Gasteiger partial charge in [0.1, 0.15) is 0 Å². The number of nitrogens with two attached hydrogens (primary N) is 1. The van der Waals surface area contributed by atoms with E-state index in [1.54, 1.807) is 0 Å². The summed E-state index contributed by atoms with van der Waals surface area (Å²) in [5.41, 5.74) is 8.72. The van der Waals surface area contributed by atoms with Crippen LogP contribution in [0.3, 0.4) is 0 Å². The van der Waals surface area contributed by atoms with Crippen LogP contribution in [0.1, 0.15) is 43.4 Å². The van der Waals surface area contributed by atoms with Crippen LogP contribution in [0.4, 0.5) is 0 Å². The molecule has 4 rings (SSSR count). The molecule has 2 saturated carbocycles. The molecule has 3 aliphatic rings. The third-order valence-electron chi connectivity index (χ3n) is 5.87. The second kappa shape index (κ2) is 5.13. The molecule has 1 amide bonds. The van der Waals surface area contributed by atoms with Crippen LogP contribution >= 0.6 is 0 Å². The van der Waals surface area contributed by atoms with E-state index >= 15 is 0 Å². The maximum absolute atomic E-state index is 12.9. The number of aromatic nitrogens is 2. The zero-order valence-electron chi connectivity index (χ0n) is 12.4. The van der Waals surface area contributed by atoms with E-state index in [2.05, 4.69) is 10.2 Å². The lowest BCUT2D eigenvalue weighted by Crippen LogP contribution is -2.50. The lowest BCUT2D eigenvalue weighted by Gasteiger charge is -2.44. The van der Waals surface area contributed by atoms with Crippen LogP contribution in [0.25, 0.3) is 0 Å². The van der Waals surface area contributed by atoms with Crippen molar-refractivity contribution in [1.29, 1.82) is 0 Å². The summed E-state index contributed by atoms with van der Waals surface area (Å²) in [5.74, 6) is 1.70. The second-order valence-corrected chi connectivity index (χ2v) is 7.08. The number of rotatable bonds is 1. The molecule has 2 bridgehead atoms. The second-order valence-electron chi connectivity index (χ2n) is 7.08. The van der Waals surface area contributed by atoms with Crippen LogP contribution in [0.2, 0.25) is 0 Å². The van der Waals surface area contributed by atoms with E-state index in [9.17, 15) is 4.79 Å². The molecule has 2 unspecified atom stereocenters. The molecule has 2 aliphatic carbocycles. The molecule has 3 N–H and O–H groups in total. The van der Waals surface area contributed by atoms with Gasteiger partial charge in [0.05, 0.1) is 6.20 Å². The number of aromatic amines is 1. The van der Waals surface area contributed by atoms with Gasteiger partial charge in [-0.15, -0.1) is 0 Å². The summed E-state index contributed by atoms with van der Waals surface area (Å²) < 4.78 is 0. The van der Waals surface area contributed by atoms with E-state index in [1.165, 1.54) is 30.5 Å². The number of fused-ring (bicyclic) bond motifs is 3. The van der Waals surface area contributed by atoms with Crippen LogP contribution in [-0.4, -0.2) is 33.6 Å². The lowest BCUT2D eigenvalue weighted by atomic mass is 9.65. The van der Waals surface area contributed by atoms with Crippen molar-refractivity contribution in [2.24, 2.45) is 23.5 Å². The molecule has 5 nitrogen and oxygen atoms in total. The summed E-state index contributed by atoms with van der Waals surface area (Å²) in [6, 6.07) is 0.338. The van der Waals surface area contributed by atoms with Gasteiger partial charge in [-0.05, 0) is 37.5 Å². The average molecular weight is 288 g/mol. The molecule has 21 heavy (non-hydrogen) atoms. The quantitative estimate of drug-likeness (QED) is 0.821. The Bertz CT molecular complexity index is 526. The first-order valence-electron chi connectivity index (χ1n) is 8.28. The molecule has 1 aromatic rings. The summed E-state index contributed by atoms with van der Waals surface area (Å²) in [5, 5.41) is 7.12. The highest BCUT2D eigenvalue weighted by Gasteiger charge is 2.41. The van der Waals surface area contributed by atoms with Crippen LogP contribution in [-0.2, 0) is 17.8 Å². The van der Waals surface area contributed by atoms with Crippen molar-refractivity contribution in [3.8, 4) is 0 Å². The van der Waals surface area contributed by atoms with E-state index in [0.29, 0.717) is 23.8 Å². The number of hydrogen-bond acceptors (Lipinski definition) is 3. The monoisotopic (exact) mass is 288 g/mol. The van der Waals surface area contributed by atoms with E-state index in [4.69, 9.17) is 5.73 Å². The molecule has 0 aromatic carbocycles. The van der Waals surface area contributed by atoms with E-state index in [1.807, 2.05) is 11.1 Å². The fourth-order valence-electron chi connectivity index (χ4n) is 4.66. The molecule has 5 heteroatoms. The van der Waals surface area contributed by atoms with Crippen molar-refractivity contribution in [3.63, 3.8) is 0 Å². The largest absolute Gasteiger partial charge is 0.338 e. The molecule has 1 aliphatic heterocycles. The van der Waals surface area contributed by atoms with Crippen molar-refractivity contribution < 1.29 is 4.79 Å². The van der Waals surface area contributed by atoms with Gasteiger partial charge >= 0.3 is 0 Å². The third kappa shape index (κ3) is 2.27. The summed E-state index contributed by atoms with van der Waals surface area (Å²) >= 11 is 0. The molecule has 114 valence electrons. The van der Waals surface area contributed by atoms with E-state index < -0.39 is 0 Å². The molecule has 2 atom stereocenters. The number of nitrogens with zero attached hydrogens (tertiary/aromatic N) is 2. The van der Waals surface area contributed by atoms with Crippen LogP contribution in [0, 0.1) is 17.8 Å². The molecule has 2 heterocycles. The smallest absolute Gasteiger partial charge is 0.226 e. The highest BCUT2D eigenvalue weighted by molar-refractivity contribution is 5.79. The lowest BCUT2D eigenvalue weighted by molar-refractivity contribution is -0.139. The minimum Gasteiger partial charge on any atom is -0.338 e. The number of carbonyl (C=O) groups is 1. The van der Waals surface area contributed by atoms with Gasteiger partial charge in [-0.1, -0.05) is 6.42 Å². The maximum Gasteiger partial charge on any atom is 0.226 e. The maximum atomic E-state index is 12.9. The number of H-pyrrole nitrogens is 1. The Hall–Kier alpha value is -1.36. The fraction of sp³-hybridized carbons (Fsp3) is 0.750. The minimum atomic E-state index is 0.202. The van der Waals surface area contributed by atoms with Crippen LogP contribution < -0.4 is 5.73 Å². The van der Waals surface area contributed by atoms with Crippen molar-refractivity contribution in [2.45, 2.75) is 51.1 Å². The van der Waals surface area contributed by atoms with Gasteiger partial charge in [-0.25, -0.2) is 0 Å². The average Bonchev–Trinajstić information content (AvgIpc) is 2.93. The minimum absolute atomic E-state index is 0.202. The molecule has 0 saturated heterocycles. The molecule has 2 fully saturated rings. The Morgan fingerprint density at radius 3 is 2.86 bits per heavy atom. The van der Waals surface area contributed by atoms with Crippen molar-refractivity contribution in [3.05, 3.63) is 17.5 Å². The third-order valence-corrected chi connectivity index (χ3v) is 5.87. The molecule has 0 spiro atoms. The number of carbonyl (C=O) groups excluding carboxylic acids is 1. The molecular weight excluding hydrogens is 264 g/mol. The predicted molar refractivity (Wildman–Crippen MR) is 79.2 cm³/mol. The molecular formula is C16H24N4O. The summed E-state index contributed by atoms with van der Waals surface area (Å²) in [6.07, 6.45) is 8.50. The van der Waals surface area contributed by atoms with Gasteiger partial charge in [-0.2, -0.15) is 5.10 Å². The first-order chi connectivity index (χ1) is 10.2. The zero-order chi connectivity index (χ0) is 14.4. The first-order valence-corrected chi connectivity index (χ1v) is 8.28. The van der Waals surface area contributed by atoms with Gasteiger partial charge in [0.15, 0.2) is 0 Å². The van der Waals surface area contributed by atoms with Crippen molar-refractivity contribution >= 4 is 5.91 Å². The Morgan fingerprint density at radius 1 is 1.33 bits per heavy atom.